The van der Waals surface area contributed by atoms with E-state index < -0.39 is 0 Å². The molecule has 3 aromatic rings. The molecule has 1 amide bonds. The van der Waals surface area contributed by atoms with Gasteiger partial charge in [0.2, 0.25) is 0 Å². The lowest BCUT2D eigenvalue weighted by Crippen LogP contribution is -2.17. The Morgan fingerprint density at radius 2 is 2.00 bits per heavy atom. The van der Waals surface area contributed by atoms with Gasteiger partial charge in [0.15, 0.2) is 5.58 Å². The number of aromatic nitrogens is 1. The van der Waals surface area contributed by atoms with Crippen molar-refractivity contribution in [3.05, 3.63) is 53.4 Å². The van der Waals surface area contributed by atoms with Gasteiger partial charge in [-0.25, -0.2) is 0 Å². The first-order valence-corrected chi connectivity index (χ1v) is 7.55. The molecule has 0 spiro atoms. The number of nitrogens with one attached hydrogen (secondary N) is 1. The van der Waals surface area contributed by atoms with Crippen molar-refractivity contribution in [2.24, 2.45) is 0 Å². The van der Waals surface area contributed by atoms with Crippen LogP contribution in [0.4, 0.5) is 5.69 Å². The van der Waals surface area contributed by atoms with Crippen molar-refractivity contribution < 1.29 is 9.21 Å². The number of hydrogen-bond acceptors (Lipinski definition) is 2. The molecular formula is C18H20N2O2. The zero-order valence-corrected chi connectivity index (χ0v) is 13.1. The molecule has 0 saturated carbocycles. The number of anilines is 1. The molecule has 0 saturated heterocycles. The van der Waals surface area contributed by atoms with E-state index in [4.69, 9.17) is 4.42 Å². The fourth-order valence-corrected chi connectivity index (χ4v) is 2.64. The highest BCUT2D eigenvalue weighted by atomic mass is 16.3. The van der Waals surface area contributed by atoms with E-state index in [9.17, 15) is 4.79 Å². The van der Waals surface area contributed by atoms with Crippen LogP contribution >= 0.6 is 0 Å². The van der Waals surface area contributed by atoms with E-state index in [-0.39, 0.29) is 5.91 Å². The zero-order valence-electron chi connectivity index (χ0n) is 13.1. The third kappa shape index (κ3) is 2.52. The molecule has 1 aromatic carbocycles. The second-order valence-electron chi connectivity index (χ2n) is 5.60. The van der Waals surface area contributed by atoms with Crippen LogP contribution < -0.4 is 5.32 Å². The quantitative estimate of drug-likeness (QED) is 0.769. The number of carbonyl (C=O) groups excluding carboxylic acids is 1. The second-order valence-corrected chi connectivity index (χ2v) is 5.60. The number of benzene rings is 1. The van der Waals surface area contributed by atoms with Gasteiger partial charge in [-0.2, -0.15) is 0 Å². The minimum absolute atomic E-state index is 0.108. The van der Waals surface area contributed by atoms with Crippen molar-refractivity contribution in [3.63, 3.8) is 0 Å². The predicted molar refractivity (Wildman–Crippen MR) is 88.4 cm³/mol. The van der Waals surface area contributed by atoms with E-state index in [1.165, 1.54) is 5.56 Å². The first-order chi connectivity index (χ1) is 10.6. The Morgan fingerprint density at radius 1 is 1.18 bits per heavy atom. The van der Waals surface area contributed by atoms with Gasteiger partial charge < -0.3 is 14.3 Å². The summed E-state index contributed by atoms with van der Waals surface area (Å²) in [7, 11) is 0. The van der Waals surface area contributed by atoms with Crippen molar-refractivity contribution in [2.75, 3.05) is 5.32 Å². The molecule has 0 aliphatic rings. The number of rotatable bonds is 4. The van der Waals surface area contributed by atoms with Crippen molar-refractivity contribution in [3.8, 4) is 0 Å². The molecule has 22 heavy (non-hydrogen) atoms. The van der Waals surface area contributed by atoms with Crippen molar-refractivity contribution >= 4 is 22.7 Å². The number of nitrogens with zero attached hydrogens (tertiary/aromatic N) is 1. The Hall–Kier alpha value is -2.49. The maximum atomic E-state index is 12.6. The van der Waals surface area contributed by atoms with Crippen LogP contribution in [0.1, 0.15) is 35.0 Å². The summed E-state index contributed by atoms with van der Waals surface area (Å²) in [6, 6.07) is 9.64. The van der Waals surface area contributed by atoms with Crippen LogP contribution in [-0.2, 0) is 6.54 Å². The van der Waals surface area contributed by atoms with Crippen molar-refractivity contribution in [2.45, 2.75) is 33.7 Å². The average Bonchev–Trinajstić information content (AvgIpc) is 3.06. The molecule has 0 unspecified atom stereocenters. The van der Waals surface area contributed by atoms with E-state index in [1.807, 2.05) is 35.8 Å². The Morgan fingerprint density at radius 3 is 2.73 bits per heavy atom. The number of carbonyl (C=O) groups is 1. The summed E-state index contributed by atoms with van der Waals surface area (Å²) >= 11 is 0. The maximum absolute atomic E-state index is 12.6. The molecule has 1 N–H and O–H groups in total. The van der Waals surface area contributed by atoms with Crippen LogP contribution in [0.25, 0.3) is 11.1 Å². The minimum Gasteiger partial charge on any atom is -0.463 e. The van der Waals surface area contributed by atoms with E-state index in [2.05, 4.69) is 19.2 Å². The van der Waals surface area contributed by atoms with Gasteiger partial charge in [0.05, 0.1) is 11.8 Å². The molecule has 4 nitrogen and oxygen atoms in total. The van der Waals surface area contributed by atoms with Crippen molar-refractivity contribution in [1.29, 1.82) is 0 Å². The molecule has 0 bridgehead atoms. The van der Waals surface area contributed by atoms with Gasteiger partial charge in [0, 0.05) is 24.4 Å². The maximum Gasteiger partial charge on any atom is 0.272 e. The largest absolute Gasteiger partial charge is 0.463 e. The third-order valence-corrected chi connectivity index (χ3v) is 3.97. The molecule has 0 radical (unpaired) electrons. The molecule has 2 aromatic heterocycles. The summed E-state index contributed by atoms with van der Waals surface area (Å²) in [5, 5.41) is 2.97. The summed E-state index contributed by atoms with van der Waals surface area (Å²) in [6.45, 7) is 6.98. The monoisotopic (exact) mass is 296 g/mol. The molecule has 3 rings (SSSR count). The van der Waals surface area contributed by atoms with E-state index in [1.54, 1.807) is 12.3 Å². The van der Waals surface area contributed by atoms with E-state index in [0.29, 0.717) is 5.69 Å². The molecule has 2 heterocycles. The fourth-order valence-electron chi connectivity index (χ4n) is 2.64. The first-order valence-electron chi connectivity index (χ1n) is 7.55. The van der Waals surface area contributed by atoms with Crippen LogP contribution in [0.5, 0.6) is 0 Å². The molecule has 0 fully saturated rings. The number of hydrogen-bond donors (Lipinski definition) is 1. The summed E-state index contributed by atoms with van der Waals surface area (Å²) < 4.78 is 7.43. The number of furan rings is 1. The number of aryl methyl sites for hydroxylation is 3. The average molecular weight is 296 g/mol. The Kier molecular flexibility index (Phi) is 3.75. The predicted octanol–water partition coefficient (Wildman–Crippen LogP) is 4.51. The van der Waals surface area contributed by atoms with Gasteiger partial charge in [-0.15, -0.1) is 0 Å². The van der Waals surface area contributed by atoms with Crippen LogP contribution in [-0.4, -0.2) is 10.5 Å². The Bertz CT molecular complexity index is 827. The topological polar surface area (TPSA) is 47.2 Å². The number of fused-ring (bicyclic) bond motifs is 1. The summed E-state index contributed by atoms with van der Waals surface area (Å²) in [5.74, 6) is -0.108. The van der Waals surface area contributed by atoms with Gasteiger partial charge >= 0.3 is 0 Å². The zero-order chi connectivity index (χ0) is 15.7. The van der Waals surface area contributed by atoms with Gasteiger partial charge in [0.1, 0.15) is 5.69 Å². The molecule has 4 heteroatoms. The normalized spacial score (nSPS) is 11.0. The highest BCUT2D eigenvalue weighted by molar-refractivity contribution is 6.05. The highest BCUT2D eigenvalue weighted by Crippen LogP contribution is 2.23. The fraction of sp³-hybridized carbons (Fsp3) is 0.278. The van der Waals surface area contributed by atoms with E-state index >= 15 is 0 Å². The summed E-state index contributed by atoms with van der Waals surface area (Å²) in [4.78, 5) is 12.6. The standard InChI is InChI=1S/C18H20N2O2/c1-4-8-20-15-7-9-22-17(15)11-16(20)18(21)19-14-6-5-12(2)13(3)10-14/h5-7,9-11H,4,8H2,1-3H3,(H,19,21). The Labute approximate surface area is 129 Å². The van der Waals surface area contributed by atoms with Crippen LogP contribution in [0.3, 0.4) is 0 Å². The van der Waals surface area contributed by atoms with Crippen LogP contribution in [0.15, 0.2) is 41.0 Å². The Balaban J connectivity index is 1.92. The lowest BCUT2D eigenvalue weighted by atomic mass is 10.1. The minimum atomic E-state index is -0.108. The van der Waals surface area contributed by atoms with Gasteiger partial charge in [-0.3, -0.25) is 4.79 Å². The summed E-state index contributed by atoms with van der Waals surface area (Å²) in [5.41, 5.74) is 5.54. The number of amides is 1. The molecule has 0 atom stereocenters. The van der Waals surface area contributed by atoms with Crippen LogP contribution in [0, 0.1) is 13.8 Å². The van der Waals surface area contributed by atoms with Gasteiger partial charge in [-0.05, 0) is 43.5 Å². The molecule has 114 valence electrons. The lowest BCUT2D eigenvalue weighted by Gasteiger charge is -2.10. The van der Waals surface area contributed by atoms with Gasteiger partial charge in [-0.1, -0.05) is 13.0 Å². The summed E-state index contributed by atoms with van der Waals surface area (Å²) in [6.07, 6.45) is 2.61. The second kappa shape index (κ2) is 5.72. The first kappa shape index (κ1) is 14.4. The van der Waals surface area contributed by atoms with E-state index in [0.717, 1.165) is 35.3 Å². The van der Waals surface area contributed by atoms with Crippen molar-refractivity contribution in [1.82, 2.24) is 4.57 Å². The third-order valence-electron chi connectivity index (χ3n) is 3.97. The van der Waals surface area contributed by atoms with Gasteiger partial charge in [0.25, 0.3) is 5.91 Å². The highest BCUT2D eigenvalue weighted by Gasteiger charge is 2.17. The SMILES string of the molecule is CCCn1c(C(=O)Nc2ccc(C)c(C)c2)cc2occc21. The smallest absolute Gasteiger partial charge is 0.272 e. The molecule has 0 aliphatic heterocycles. The lowest BCUT2D eigenvalue weighted by molar-refractivity contribution is 0.101. The van der Waals surface area contributed by atoms with Crippen LogP contribution in [0.2, 0.25) is 0 Å². The molecular weight excluding hydrogens is 276 g/mol. The molecule has 0 aliphatic carbocycles.